The van der Waals surface area contributed by atoms with Gasteiger partial charge in [0, 0.05) is 36.1 Å². The number of carbonyl (C=O) groups excluding carboxylic acids is 1. The van der Waals surface area contributed by atoms with Crippen LogP contribution in [0.25, 0.3) is 17.0 Å². The molecule has 5 nitrogen and oxygen atoms in total. The molecule has 1 aliphatic heterocycles. The molecule has 3 N–H and O–H groups in total. The average molecular weight is 470 g/mol. The molecule has 35 heavy (non-hydrogen) atoms. The monoisotopic (exact) mass is 469 g/mol. The van der Waals surface area contributed by atoms with Crippen LogP contribution in [0.3, 0.4) is 0 Å². The molecule has 2 heterocycles. The lowest BCUT2D eigenvalue weighted by Gasteiger charge is -2.31. The molecule has 0 saturated heterocycles. The van der Waals surface area contributed by atoms with E-state index in [0.29, 0.717) is 37.3 Å². The molecule has 6 heteroatoms. The minimum absolute atomic E-state index is 0.150. The van der Waals surface area contributed by atoms with Crippen molar-refractivity contribution in [3.05, 3.63) is 107 Å². The first-order valence-electron chi connectivity index (χ1n) is 11.9. The highest BCUT2D eigenvalue weighted by Crippen LogP contribution is 2.37. The Kier molecular flexibility index (Phi) is 6.64. The number of phenolic OH excluding ortho intramolecular Hbond substituents is 1. The summed E-state index contributed by atoms with van der Waals surface area (Å²) < 4.78 is 15.5. The van der Waals surface area contributed by atoms with Crippen molar-refractivity contribution < 1.29 is 14.3 Å². The van der Waals surface area contributed by atoms with Gasteiger partial charge < -0.3 is 15.4 Å². The number of carbonyl (C=O) groups is 1. The van der Waals surface area contributed by atoms with Crippen molar-refractivity contribution in [2.75, 3.05) is 13.1 Å². The van der Waals surface area contributed by atoms with Gasteiger partial charge in [-0.3, -0.25) is 9.69 Å². The SMILES string of the molecule is O=C(NCC/C=C/c1ccccc1)c1ccccc1CN1CCc2c([nH]c3ccc(O)cc23)C1F. The summed E-state index contributed by atoms with van der Waals surface area (Å²) in [6.45, 7) is 1.38. The smallest absolute Gasteiger partial charge is 0.251 e. The molecule has 5 rings (SSSR count). The van der Waals surface area contributed by atoms with Crippen molar-refractivity contribution in [1.29, 1.82) is 0 Å². The molecule has 1 atom stereocenters. The van der Waals surface area contributed by atoms with Gasteiger partial charge in [0.1, 0.15) is 5.75 Å². The van der Waals surface area contributed by atoms with E-state index in [1.165, 1.54) is 0 Å². The Balaban J connectivity index is 1.24. The molecule has 1 amide bonds. The van der Waals surface area contributed by atoms with Crippen molar-refractivity contribution >= 4 is 22.9 Å². The fourth-order valence-corrected chi connectivity index (χ4v) is 4.69. The molecule has 0 radical (unpaired) electrons. The fraction of sp³-hybridized carbons (Fsp3) is 0.207. The standard InChI is InChI=1S/C29H28FN3O2/c30-28-27-24(25-18-22(34)13-14-26(25)32-27)15-17-33(28)19-21-11-4-5-12-23(21)29(35)31-16-7-6-10-20-8-2-1-3-9-20/h1-6,8-14,18,28,32,34H,7,15-17,19H2,(H,31,35)/b10-6+. The fourth-order valence-electron chi connectivity index (χ4n) is 4.69. The largest absolute Gasteiger partial charge is 0.508 e. The third-order valence-electron chi connectivity index (χ3n) is 6.47. The van der Waals surface area contributed by atoms with Crippen LogP contribution in [-0.2, 0) is 13.0 Å². The van der Waals surface area contributed by atoms with Gasteiger partial charge in [-0.15, -0.1) is 0 Å². The number of fused-ring (bicyclic) bond motifs is 3. The zero-order valence-corrected chi connectivity index (χ0v) is 19.4. The Bertz CT molecular complexity index is 1360. The number of phenols is 1. The summed E-state index contributed by atoms with van der Waals surface area (Å²) in [5.41, 5.74) is 4.75. The highest BCUT2D eigenvalue weighted by atomic mass is 19.1. The molecule has 0 saturated carbocycles. The lowest BCUT2D eigenvalue weighted by Crippen LogP contribution is -2.34. The summed E-state index contributed by atoms with van der Waals surface area (Å²) in [5.74, 6) is 0.0236. The van der Waals surface area contributed by atoms with Crippen LogP contribution >= 0.6 is 0 Å². The Hall–Kier alpha value is -3.90. The van der Waals surface area contributed by atoms with E-state index in [9.17, 15) is 9.90 Å². The molecule has 1 aliphatic rings. The summed E-state index contributed by atoms with van der Waals surface area (Å²) in [5, 5.41) is 13.7. The van der Waals surface area contributed by atoms with E-state index in [1.54, 1.807) is 29.2 Å². The molecule has 0 fully saturated rings. The van der Waals surface area contributed by atoms with Crippen LogP contribution in [0.4, 0.5) is 4.39 Å². The van der Waals surface area contributed by atoms with Crippen LogP contribution in [0.5, 0.6) is 5.75 Å². The van der Waals surface area contributed by atoms with Crippen molar-refractivity contribution in [3.63, 3.8) is 0 Å². The predicted octanol–water partition coefficient (Wildman–Crippen LogP) is 5.73. The summed E-state index contributed by atoms with van der Waals surface area (Å²) >= 11 is 0. The number of hydrogen-bond acceptors (Lipinski definition) is 3. The first-order chi connectivity index (χ1) is 17.1. The number of nitrogens with one attached hydrogen (secondary N) is 2. The average Bonchev–Trinajstić information content (AvgIpc) is 3.25. The first-order valence-corrected chi connectivity index (χ1v) is 11.9. The lowest BCUT2D eigenvalue weighted by atomic mass is 10.0. The van der Waals surface area contributed by atoms with Crippen LogP contribution in [0.2, 0.25) is 0 Å². The summed E-state index contributed by atoms with van der Waals surface area (Å²) in [4.78, 5) is 17.8. The third kappa shape index (κ3) is 4.98. The second-order valence-electron chi connectivity index (χ2n) is 8.82. The van der Waals surface area contributed by atoms with Crippen LogP contribution in [0.1, 0.15) is 45.5 Å². The van der Waals surface area contributed by atoms with E-state index in [0.717, 1.165) is 34.0 Å². The second kappa shape index (κ2) is 10.2. The first kappa shape index (κ1) is 22.9. The maximum atomic E-state index is 15.5. The minimum Gasteiger partial charge on any atom is -0.508 e. The lowest BCUT2D eigenvalue weighted by molar-refractivity contribution is 0.0612. The number of hydrogen-bond donors (Lipinski definition) is 3. The number of halogens is 1. The molecule has 4 aromatic rings. The molecular weight excluding hydrogens is 441 g/mol. The number of nitrogens with zero attached hydrogens (tertiary/aromatic N) is 1. The number of benzene rings is 3. The zero-order chi connectivity index (χ0) is 24.2. The quantitative estimate of drug-likeness (QED) is 0.239. The summed E-state index contributed by atoms with van der Waals surface area (Å²) in [7, 11) is 0. The predicted molar refractivity (Wildman–Crippen MR) is 137 cm³/mol. The molecule has 1 aromatic heterocycles. The van der Waals surface area contributed by atoms with E-state index >= 15 is 4.39 Å². The van der Waals surface area contributed by atoms with Gasteiger partial charge in [0.2, 0.25) is 0 Å². The molecule has 0 spiro atoms. The van der Waals surface area contributed by atoms with Crippen LogP contribution < -0.4 is 5.32 Å². The molecule has 1 unspecified atom stereocenters. The van der Waals surface area contributed by atoms with E-state index in [4.69, 9.17) is 0 Å². The van der Waals surface area contributed by atoms with Gasteiger partial charge in [-0.05, 0) is 53.8 Å². The molecule has 0 aliphatic carbocycles. The second-order valence-corrected chi connectivity index (χ2v) is 8.82. The van der Waals surface area contributed by atoms with Gasteiger partial charge in [0.05, 0.1) is 5.69 Å². The number of alkyl halides is 1. The zero-order valence-electron chi connectivity index (χ0n) is 19.4. The van der Waals surface area contributed by atoms with Crippen LogP contribution in [0, 0.1) is 0 Å². The van der Waals surface area contributed by atoms with Gasteiger partial charge in [-0.2, -0.15) is 0 Å². The minimum atomic E-state index is -1.31. The number of aromatic hydroxyl groups is 1. The van der Waals surface area contributed by atoms with E-state index in [1.807, 2.05) is 60.7 Å². The highest BCUT2D eigenvalue weighted by Gasteiger charge is 2.31. The van der Waals surface area contributed by atoms with Crippen molar-refractivity contribution in [2.24, 2.45) is 0 Å². The summed E-state index contributed by atoms with van der Waals surface area (Å²) in [6, 6.07) is 22.5. The molecule has 0 bridgehead atoms. The Labute approximate surface area is 203 Å². The highest BCUT2D eigenvalue weighted by molar-refractivity contribution is 5.95. The van der Waals surface area contributed by atoms with Crippen molar-refractivity contribution in [2.45, 2.75) is 25.7 Å². The number of H-pyrrole nitrogens is 1. The normalized spacial score (nSPS) is 16.0. The Morgan fingerprint density at radius 2 is 1.91 bits per heavy atom. The number of rotatable bonds is 7. The topological polar surface area (TPSA) is 68.4 Å². The number of aromatic amines is 1. The van der Waals surface area contributed by atoms with Gasteiger partial charge in [0.15, 0.2) is 6.30 Å². The van der Waals surface area contributed by atoms with Gasteiger partial charge >= 0.3 is 0 Å². The Morgan fingerprint density at radius 1 is 1.11 bits per heavy atom. The molecule has 178 valence electrons. The van der Waals surface area contributed by atoms with Crippen LogP contribution in [0.15, 0.2) is 78.9 Å². The van der Waals surface area contributed by atoms with Gasteiger partial charge in [0.25, 0.3) is 5.91 Å². The van der Waals surface area contributed by atoms with Gasteiger partial charge in [-0.1, -0.05) is 60.7 Å². The Morgan fingerprint density at radius 3 is 2.77 bits per heavy atom. The van der Waals surface area contributed by atoms with Crippen molar-refractivity contribution in [3.8, 4) is 5.75 Å². The number of aromatic nitrogens is 1. The van der Waals surface area contributed by atoms with Gasteiger partial charge in [-0.25, -0.2) is 4.39 Å². The van der Waals surface area contributed by atoms with E-state index in [-0.39, 0.29) is 11.7 Å². The van der Waals surface area contributed by atoms with Crippen LogP contribution in [-0.4, -0.2) is 34.0 Å². The maximum Gasteiger partial charge on any atom is 0.251 e. The van der Waals surface area contributed by atoms with Crippen molar-refractivity contribution in [1.82, 2.24) is 15.2 Å². The third-order valence-corrected chi connectivity index (χ3v) is 6.47. The molecule has 3 aromatic carbocycles. The molecular formula is C29H28FN3O2. The van der Waals surface area contributed by atoms with E-state index < -0.39 is 6.30 Å². The van der Waals surface area contributed by atoms with E-state index in [2.05, 4.69) is 10.3 Å². The number of amides is 1. The summed E-state index contributed by atoms with van der Waals surface area (Å²) in [6.07, 6.45) is 4.16. The maximum absolute atomic E-state index is 15.5.